The fourth-order valence-electron chi connectivity index (χ4n) is 1.42. The van der Waals surface area contributed by atoms with Crippen LogP contribution in [0.1, 0.15) is 36.2 Å². The first-order valence-electron chi connectivity index (χ1n) is 5.04. The van der Waals surface area contributed by atoms with Crippen molar-refractivity contribution in [1.29, 1.82) is 0 Å². The fraction of sp³-hybridized carbons (Fsp3) is 0.364. The van der Waals surface area contributed by atoms with Crippen molar-refractivity contribution in [2.24, 2.45) is 0 Å². The van der Waals surface area contributed by atoms with Crippen LogP contribution in [0.15, 0.2) is 12.1 Å². The molecule has 0 aliphatic heterocycles. The molecule has 0 amide bonds. The normalized spacial score (nSPS) is 10.1. The minimum Gasteiger partial charge on any atom is -0.502 e. The molecule has 0 unspecified atom stereocenters. The van der Waals surface area contributed by atoms with Gasteiger partial charge in [0, 0.05) is 12.5 Å². The predicted molar refractivity (Wildman–Crippen MR) is 58.8 cm³/mol. The largest absolute Gasteiger partial charge is 0.502 e. The summed E-state index contributed by atoms with van der Waals surface area (Å²) in [5.74, 6) is -0.829. The Balaban J connectivity index is 3.43. The Hall–Kier alpha value is -1.91. The van der Waals surface area contributed by atoms with E-state index in [0.29, 0.717) is 12.0 Å². The second kappa shape index (κ2) is 4.74. The van der Waals surface area contributed by atoms with Gasteiger partial charge < -0.3 is 5.11 Å². The molecule has 0 heterocycles. The monoisotopic (exact) mass is 223 g/mol. The van der Waals surface area contributed by atoms with Gasteiger partial charge >= 0.3 is 5.69 Å². The molecule has 0 aliphatic rings. The molecule has 0 aliphatic carbocycles. The standard InChI is InChI=1S/C11H13NO4/c1-3-7-5-8(10(13)4-2)11(14)9(6-7)12(15)16/h5-6,14H,3-4H2,1-2H3. The van der Waals surface area contributed by atoms with Crippen LogP contribution >= 0.6 is 0 Å². The van der Waals surface area contributed by atoms with E-state index in [1.165, 1.54) is 12.1 Å². The number of aromatic hydroxyl groups is 1. The number of nitrogens with zero attached hydrogens (tertiary/aromatic N) is 1. The third kappa shape index (κ3) is 2.18. The first-order chi connectivity index (χ1) is 7.51. The summed E-state index contributed by atoms with van der Waals surface area (Å²) in [5, 5.41) is 20.3. The molecule has 86 valence electrons. The van der Waals surface area contributed by atoms with Gasteiger partial charge in [-0.25, -0.2) is 0 Å². The first-order valence-corrected chi connectivity index (χ1v) is 5.04. The van der Waals surface area contributed by atoms with Crippen LogP contribution in [-0.4, -0.2) is 15.8 Å². The highest BCUT2D eigenvalue weighted by Gasteiger charge is 2.21. The lowest BCUT2D eigenvalue weighted by Gasteiger charge is -2.05. The molecule has 1 aromatic carbocycles. The molecule has 5 nitrogen and oxygen atoms in total. The number of phenolic OH excluding ortho intramolecular Hbond substituents is 1. The van der Waals surface area contributed by atoms with Crippen molar-refractivity contribution in [3.05, 3.63) is 33.4 Å². The third-order valence-electron chi connectivity index (χ3n) is 2.38. The molecular weight excluding hydrogens is 210 g/mol. The lowest BCUT2D eigenvalue weighted by molar-refractivity contribution is -0.385. The van der Waals surface area contributed by atoms with E-state index in [2.05, 4.69) is 0 Å². The van der Waals surface area contributed by atoms with Crippen molar-refractivity contribution < 1.29 is 14.8 Å². The molecule has 0 atom stereocenters. The Bertz CT molecular complexity index is 440. The van der Waals surface area contributed by atoms with Gasteiger partial charge in [0.2, 0.25) is 5.75 Å². The molecule has 0 bridgehead atoms. The average Bonchev–Trinajstić information content (AvgIpc) is 2.28. The van der Waals surface area contributed by atoms with Gasteiger partial charge in [-0.05, 0) is 18.1 Å². The highest BCUT2D eigenvalue weighted by molar-refractivity contribution is 5.99. The first kappa shape index (κ1) is 12.2. The summed E-state index contributed by atoms with van der Waals surface area (Å²) in [6.45, 7) is 3.47. The highest BCUT2D eigenvalue weighted by Crippen LogP contribution is 2.32. The quantitative estimate of drug-likeness (QED) is 0.483. The Kier molecular flexibility index (Phi) is 3.60. The Labute approximate surface area is 92.9 Å². The zero-order valence-corrected chi connectivity index (χ0v) is 9.19. The maximum absolute atomic E-state index is 11.5. The van der Waals surface area contributed by atoms with Crippen LogP contribution in [0, 0.1) is 10.1 Å². The summed E-state index contributed by atoms with van der Waals surface area (Å²) in [4.78, 5) is 21.5. The summed E-state index contributed by atoms with van der Waals surface area (Å²) in [7, 11) is 0. The van der Waals surface area contributed by atoms with Crippen LogP contribution in [0.25, 0.3) is 0 Å². The molecule has 0 aromatic heterocycles. The van der Waals surface area contributed by atoms with Crippen molar-refractivity contribution >= 4 is 11.5 Å². The second-order valence-electron chi connectivity index (χ2n) is 3.40. The number of hydrogen-bond donors (Lipinski definition) is 1. The van der Waals surface area contributed by atoms with Crippen molar-refractivity contribution in [2.75, 3.05) is 0 Å². The molecule has 16 heavy (non-hydrogen) atoms. The number of nitro benzene ring substituents is 1. The lowest BCUT2D eigenvalue weighted by atomic mass is 10.0. The average molecular weight is 223 g/mol. The smallest absolute Gasteiger partial charge is 0.311 e. The van der Waals surface area contributed by atoms with Crippen LogP contribution in [-0.2, 0) is 6.42 Å². The van der Waals surface area contributed by atoms with Gasteiger partial charge in [0.1, 0.15) is 0 Å². The van der Waals surface area contributed by atoms with Gasteiger partial charge in [-0.15, -0.1) is 0 Å². The summed E-state index contributed by atoms with van der Waals surface area (Å²) in [5.41, 5.74) is 0.297. The van der Waals surface area contributed by atoms with Crippen molar-refractivity contribution in [2.45, 2.75) is 26.7 Å². The van der Waals surface area contributed by atoms with Crippen LogP contribution < -0.4 is 0 Å². The number of ketones is 1. The summed E-state index contributed by atoms with van der Waals surface area (Å²) >= 11 is 0. The molecule has 0 saturated carbocycles. The number of hydrogen-bond acceptors (Lipinski definition) is 4. The van der Waals surface area contributed by atoms with Crippen LogP contribution in [0.5, 0.6) is 5.75 Å². The number of carbonyl (C=O) groups excluding carboxylic acids is 1. The van der Waals surface area contributed by atoms with Crippen LogP contribution in [0.4, 0.5) is 5.69 Å². The molecule has 0 spiro atoms. The second-order valence-corrected chi connectivity index (χ2v) is 3.40. The third-order valence-corrected chi connectivity index (χ3v) is 2.38. The van der Waals surface area contributed by atoms with E-state index in [1.54, 1.807) is 6.92 Å². The zero-order chi connectivity index (χ0) is 12.3. The molecule has 1 aromatic rings. The molecule has 1 N–H and O–H groups in total. The minimum atomic E-state index is -0.680. The van der Waals surface area contributed by atoms with Crippen molar-refractivity contribution in [1.82, 2.24) is 0 Å². The Morgan fingerprint density at radius 3 is 2.50 bits per heavy atom. The SMILES string of the molecule is CCC(=O)c1cc(CC)cc([N+](=O)[O-])c1O. The molecule has 1 rings (SSSR count). The summed E-state index contributed by atoms with van der Waals surface area (Å²) < 4.78 is 0. The summed E-state index contributed by atoms with van der Waals surface area (Å²) in [6.07, 6.45) is 0.781. The number of carbonyl (C=O) groups is 1. The highest BCUT2D eigenvalue weighted by atomic mass is 16.6. The van der Waals surface area contributed by atoms with Gasteiger partial charge in [0.25, 0.3) is 0 Å². The zero-order valence-electron chi connectivity index (χ0n) is 9.19. The van der Waals surface area contributed by atoms with Gasteiger partial charge in [0.15, 0.2) is 5.78 Å². The summed E-state index contributed by atoms with van der Waals surface area (Å²) in [6, 6.07) is 2.80. The lowest BCUT2D eigenvalue weighted by Crippen LogP contribution is -2.01. The molecule has 0 saturated heterocycles. The van der Waals surface area contributed by atoms with Gasteiger partial charge in [-0.2, -0.15) is 0 Å². The molecule has 5 heteroatoms. The maximum Gasteiger partial charge on any atom is 0.311 e. The number of Topliss-reactive ketones (excluding diaryl/α,β-unsaturated/α-hetero) is 1. The number of aryl methyl sites for hydroxylation is 1. The topological polar surface area (TPSA) is 80.4 Å². The van der Waals surface area contributed by atoms with Crippen LogP contribution in [0.2, 0.25) is 0 Å². The number of rotatable bonds is 4. The molecule has 0 radical (unpaired) electrons. The molecular formula is C11H13NO4. The van der Waals surface area contributed by atoms with Crippen molar-refractivity contribution in [3.8, 4) is 5.75 Å². The van der Waals surface area contributed by atoms with Gasteiger partial charge in [-0.3, -0.25) is 14.9 Å². The molecule has 0 fully saturated rings. The van der Waals surface area contributed by atoms with E-state index in [0.717, 1.165) is 0 Å². The van der Waals surface area contributed by atoms with Gasteiger partial charge in [0.05, 0.1) is 10.5 Å². The number of phenols is 1. The fourth-order valence-corrected chi connectivity index (χ4v) is 1.42. The van der Waals surface area contributed by atoms with E-state index in [-0.39, 0.29) is 17.8 Å². The maximum atomic E-state index is 11.5. The Morgan fingerprint density at radius 1 is 1.44 bits per heavy atom. The van der Waals surface area contributed by atoms with E-state index in [4.69, 9.17) is 0 Å². The Morgan fingerprint density at radius 2 is 2.06 bits per heavy atom. The van der Waals surface area contributed by atoms with E-state index in [9.17, 15) is 20.0 Å². The van der Waals surface area contributed by atoms with E-state index < -0.39 is 16.4 Å². The van der Waals surface area contributed by atoms with Crippen LogP contribution in [0.3, 0.4) is 0 Å². The van der Waals surface area contributed by atoms with E-state index >= 15 is 0 Å². The van der Waals surface area contributed by atoms with Crippen molar-refractivity contribution in [3.63, 3.8) is 0 Å². The minimum absolute atomic E-state index is 0.0357. The number of benzene rings is 1. The van der Waals surface area contributed by atoms with E-state index in [1.807, 2.05) is 6.92 Å². The number of nitro groups is 1. The predicted octanol–water partition coefficient (Wildman–Crippen LogP) is 2.46. The van der Waals surface area contributed by atoms with Gasteiger partial charge in [-0.1, -0.05) is 13.8 Å².